The molecule has 1 heterocycles. The van der Waals surface area contributed by atoms with Crippen molar-refractivity contribution >= 4 is 22.4 Å². The number of fused-ring (bicyclic) bond motifs is 1. The molecule has 1 atom stereocenters. The second-order valence-electron chi connectivity index (χ2n) is 6.29. The van der Waals surface area contributed by atoms with Crippen LogP contribution in [0.5, 0.6) is 0 Å². The van der Waals surface area contributed by atoms with Crippen molar-refractivity contribution in [1.29, 1.82) is 0 Å². The molecule has 24 heavy (non-hydrogen) atoms. The zero-order chi connectivity index (χ0) is 16.9. The van der Waals surface area contributed by atoms with Crippen molar-refractivity contribution < 1.29 is 9.90 Å². The molecule has 0 aromatic heterocycles. The van der Waals surface area contributed by atoms with Crippen molar-refractivity contribution in [3.63, 3.8) is 0 Å². The van der Waals surface area contributed by atoms with E-state index >= 15 is 0 Å². The van der Waals surface area contributed by atoms with E-state index in [0.717, 1.165) is 42.6 Å². The lowest BCUT2D eigenvalue weighted by atomic mass is 10.1. The third kappa shape index (κ3) is 3.75. The topological polar surface area (TPSA) is 55.8 Å². The van der Waals surface area contributed by atoms with Gasteiger partial charge in [0.05, 0.1) is 12.6 Å². The number of aliphatic hydroxyl groups excluding tert-OH is 1. The molecular formula is C19H25N3O2. The van der Waals surface area contributed by atoms with Crippen molar-refractivity contribution in [2.45, 2.75) is 13.0 Å². The van der Waals surface area contributed by atoms with Gasteiger partial charge in [0.15, 0.2) is 0 Å². The second kappa shape index (κ2) is 7.75. The van der Waals surface area contributed by atoms with E-state index in [0.29, 0.717) is 6.54 Å². The Labute approximate surface area is 142 Å². The Morgan fingerprint density at radius 2 is 1.83 bits per heavy atom. The highest BCUT2D eigenvalue weighted by atomic mass is 16.3. The number of anilines is 1. The number of carbonyl (C=O) groups excluding carboxylic acids is 1. The Bertz CT molecular complexity index is 691. The lowest BCUT2D eigenvalue weighted by Gasteiger charge is -2.37. The minimum Gasteiger partial charge on any atom is -0.395 e. The van der Waals surface area contributed by atoms with E-state index in [4.69, 9.17) is 5.11 Å². The number of hydrogen-bond donors (Lipinski definition) is 2. The fraction of sp³-hybridized carbons (Fsp3) is 0.421. The van der Waals surface area contributed by atoms with Gasteiger partial charge in [0.2, 0.25) is 5.91 Å². The summed E-state index contributed by atoms with van der Waals surface area (Å²) in [6, 6.07) is 13.9. The molecule has 1 unspecified atom stereocenters. The minimum absolute atomic E-state index is 0.0296. The summed E-state index contributed by atoms with van der Waals surface area (Å²) in [5, 5.41) is 14.3. The van der Waals surface area contributed by atoms with Crippen LogP contribution in [0.15, 0.2) is 42.5 Å². The van der Waals surface area contributed by atoms with Gasteiger partial charge in [-0.3, -0.25) is 14.6 Å². The van der Waals surface area contributed by atoms with Gasteiger partial charge in [-0.2, -0.15) is 0 Å². The van der Waals surface area contributed by atoms with Crippen LogP contribution >= 0.6 is 0 Å². The zero-order valence-electron chi connectivity index (χ0n) is 14.1. The molecule has 1 amide bonds. The van der Waals surface area contributed by atoms with Gasteiger partial charge < -0.3 is 10.4 Å². The quantitative estimate of drug-likeness (QED) is 0.879. The first-order valence-electron chi connectivity index (χ1n) is 8.55. The van der Waals surface area contributed by atoms with Gasteiger partial charge in [-0.05, 0) is 18.4 Å². The lowest BCUT2D eigenvalue weighted by molar-refractivity contribution is -0.121. The fourth-order valence-electron chi connectivity index (χ4n) is 3.25. The maximum Gasteiger partial charge on any atom is 0.241 e. The number of amides is 1. The highest BCUT2D eigenvalue weighted by Gasteiger charge is 2.25. The number of nitrogens with zero attached hydrogens (tertiary/aromatic N) is 2. The molecule has 0 spiro atoms. The number of aliphatic hydroxyl groups is 1. The normalized spacial score (nSPS) is 17.8. The van der Waals surface area contributed by atoms with E-state index in [2.05, 4.69) is 27.2 Å². The monoisotopic (exact) mass is 327 g/mol. The first-order chi connectivity index (χ1) is 11.7. The molecule has 1 fully saturated rings. The lowest BCUT2D eigenvalue weighted by Crippen LogP contribution is -2.53. The molecule has 0 saturated carbocycles. The molecule has 1 saturated heterocycles. The van der Waals surface area contributed by atoms with Gasteiger partial charge in [-0.1, -0.05) is 36.4 Å². The van der Waals surface area contributed by atoms with Gasteiger partial charge >= 0.3 is 0 Å². The Morgan fingerprint density at radius 1 is 1.12 bits per heavy atom. The van der Waals surface area contributed by atoms with Crippen LogP contribution in [0.2, 0.25) is 0 Å². The van der Waals surface area contributed by atoms with Crippen molar-refractivity contribution in [2.75, 3.05) is 44.6 Å². The van der Waals surface area contributed by atoms with E-state index in [1.54, 1.807) is 0 Å². The molecule has 1 aliphatic heterocycles. The number of hydrogen-bond acceptors (Lipinski definition) is 4. The summed E-state index contributed by atoms with van der Waals surface area (Å²) in [5.41, 5.74) is 0.865. The van der Waals surface area contributed by atoms with Gasteiger partial charge in [0.1, 0.15) is 0 Å². The molecule has 1 aliphatic rings. The van der Waals surface area contributed by atoms with Gasteiger partial charge in [0, 0.05) is 43.8 Å². The van der Waals surface area contributed by atoms with Gasteiger partial charge in [0.25, 0.3) is 0 Å². The highest BCUT2D eigenvalue weighted by molar-refractivity contribution is 6.03. The average Bonchev–Trinajstić information content (AvgIpc) is 2.62. The van der Waals surface area contributed by atoms with Gasteiger partial charge in [-0.15, -0.1) is 0 Å². The molecular weight excluding hydrogens is 302 g/mol. The first kappa shape index (κ1) is 16.9. The molecule has 0 radical (unpaired) electrons. The average molecular weight is 327 g/mol. The van der Waals surface area contributed by atoms with Crippen LogP contribution < -0.4 is 5.32 Å². The summed E-state index contributed by atoms with van der Waals surface area (Å²) in [6.07, 6.45) is 0. The smallest absolute Gasteiger partial charge is 0.241 e. The Morgan fingerprint density at radius 3 is 2.58 bits per heavy atom. The van der Waals surface area contributed by atoms with Crippen molar-refractivity contribution in [3.05, 3.63) is 42.5 Å². The van der Waals surface area contributed by atoms with E-state index in [1.807, 2.05) is 37.3 Å². The Kier molecular flexibility index (Phi) is 5.45. The summed E-state index contributed by atoms with van der Waals surface area (Å²) >= 11 is 0. The third-order valence-electron chi connectivity index (χ3n) is 4.80. The summed E-state index contributed by atoms with van der Waals surface area (Å²) in [7, 11) is 0. The molecule has 128 valence electrons. The van der Waals surface area contributed by atoms with E-state index in [-0.39, 0.29) is 18.6 Å². The van der Waals surface area contributed by atoms with Crippen LogP contribution in [0.25, 0.3) is 10.8 Å². The molecule has 5 nitrogen and oxygen atoms in total. The van der Waals surface area contributed by atoms with Crippen LogP contribution in [-0.4, -0.2) is 66.2 Å². The summed E-state index contributed by atoms with van der Waals surface area (Å²) in [5.74, 6) is 0.0296. The van der Waals surface area contributed by atoms with E-state index in [9.17, 15) is 4.79 Å². The largest absolute Gasteiger partial charge is 0.395 e. The molecule has 2 N–H and O–H groups in total. The standard InChI is InChI=1S/C19H25N3O2/c1-15(22-11-9-21(10-12-22)13-14-23)19(24)20-18-8-4-6-16-5-2-3-7-17(16)18/h2-8,15,23H,9-14H2,1H3,(H,20,24). The maximum atomic E-state index is 12.7. The van der Waals surface area contributed by atoms with Crippen molar-refractivity contribution in [2.24, 2.45) is 0 Å². The van der Waals surface area contributed by atoms with Gasteiger partial charge in [-0.25, -0.2) is 0 Å². The second-order valence-corrected chi connectivity index (χ2v) is 6.29. The van der Waals surface area contributed by atoms with Crippen LogP contribution in [-0.2, 0) is 4.79 Å². The summed E-state index contributed by atoms with van der Waals surface area (Å²) in [4.78, 5) is 17.1. The number of piperazine rings is 1. The highest BCUT2D eigenvalue weighted by Crippen LogP contribution is 2.23. The predicted octanol–water partition coefficient (Wildman–Crippen LogP) is 1.78. The SMILES string of the molecule is CC(C(=O)Nc1cccc2ccccc12)N1CCN(CCO)CC1. The molecule has 2 aromatic rings. The zero-order valence-corrected chi connectivity index (χ0v) is 14.1. The first-order valence-corrected chi connectivity index (χ1v) is 8.55. The fourth-order valence-corrected chi connectivity index (χ4v) is 3.25. The minimum atomic E-state index is -0.166. The number of nitrogens with one attached hydrogen (secondary N) is 1. The van der Waals surface area contributed by atoms with Crippen molar-refractivity contribution in [3.8, 4) is 0 Å². The molecule has 5 heteroatoms. The van der Waals surface area contributed by atoms with Crippen LogP contribution in [0.1, 0.15) is 6.92 Å². The molecule has 0 bridgehead atoms. The molecule has 0 aliphatic carbocycles. The molecule has 3 rings (SSSR count). The number of β-amino-alcohol motifs (C(OH)–C–C–N with tert-alkyl or cyclic N) is 1. The van der Waals surface area contributed by atoms with Crippen LogP contribution in [0.3, 0.4) is 0 Å². The third-order valence-corrected chi connectivity index (χ3v) is 4.80. The van der Waals surface area contributed by atoms with E-state index < -0.39 is 0 Å². The predicted molar refractivity (Wildman–Crippen MR) is 97.1 cm³/mol. The Hall–Kier alpha value is -1.95. The molecule has 2 aromatic carbocycles. The maximum absolute atomic E-state index is 12.7. The number of carbonyl (C=O) groups is 1. The van der Waals surface area contributed by atoms with Crippen molar-refractivity contribution in [1.82, 2.24) is 9.80 Å². The van der Waals surface area contributed by atoms with Crippen LogP contribution in [0.4, 0.5) is 5.69 Å². The summed E-state index contributed by atoms with van der Waals surface area (Å²) in [6.45, 7) is 6.36. The summed E-state index contributed by atoms with van der Waals surface area (Å²) < 4.78 is 0. The van der Waals surface area contributed by atoms with E-state index in [1.165, 1.54) is 0 Å². The number of benzene rings is 2. The Balaban J connectivity index is 1.64. The van der Waals surface area contributed by atoms with Crippen LogP contribution in [0, 0.1) is 0 Å². The number of rotatable bonds is 5.